The average molecular weight is 297 g/mol. The van der Waals surface area contributed by atoms with Gasteiger partial charge in [-0.1, -0.05) is 33.1 Å². The minimum atomic E-state index is -0.440. The van der Waals surface area contributed by atoms with Crippen molar-refractivity contribution in [1.82, 2.24) is 5.32 Å². The lowest BCUT2D eigenvalue weighted by atomic mass is 10.0. The van der Waals surface area contributed by atoms with Gasteiger partial charge in [-0.15, -0.1) is 0 Å². The molecule has 2 unspecified atom stereocenters. The third kappa shape index (κ3) is 8.91. The summed E-state index contributed by atoms with van der Waals surface area (Å²) in [6, 6.07) is 3.85. The van der Waals surface area contributed by atoms with Gasteiger partial charge in [0.2, 0.25) is 0 Å². The fourth-order valence-corrected chi connectivity index (χ4v) is 2.26. The molecule has 1 rings (SSSR count). The first kappa shape index (κ1) is 18.2. The summed E-state index contributed by atoms with van der Waals surface area (Å²) in [6.07, 6.45) is 6.96. The lowest BCUT2D eigenvalue weighted by molar-refractivity contribution is 0.0194. The van der Waals surface area contributed by atoms with E-state index < -0.39 is 6.10 Å². The third-order valence-electron chi connectivity index (χ3n) is 3.72. The highest BCUT2D eigenvalue weighted by molar-refractivity contribution is 4.98. The van der Waals surface area contributed by atoms with Gasteiger partial charge >= 0.3 is 0 Å². The number of rotatable bonds is 13. The maximum absolute atomic E-state index is 9.86. The number of hydrogen-bond acceptors (Lipinski definition) is 4. The van der Waals surface area contributed by atoms with Crippen LogP contribution in [0.15, 0.2) is 22.8 Å². The van der Waals surface area contributed by atoms with Gasteiger partial charge < -0.3 is 19.6 Å². The van der Waals surface area contributed by atoms with Crippen LogP contribution in [0.2, 0.25) is 0 Å². The molecule has 0 amide bonds. The van der Waals surface area contributed by atoms with Crippen LogP contribution in [0.1, 0.15) is 45.3 Å². The molecular formula is C17H31NO3. The second-order valence-corrected chi connectivity index (χ2v) is 5.64. The zero-order chi connectivity index (χ0) is 15.3. The van der Waals surface area contributed by atoms with E-state index in [0.717, 1.165) is 31.8 Å². The van der Waals surface area contributed by atoms with Crippen LogP contribution in [0.3, 0.4) is 0 Å². The van der Waals surface area contributed by atoms with Crippen LogP contribution in [0, 0.1) is 5.92 Å². The summed E-state index contributed by atoms with van der Waals surface area (Å²) in [5.41, 5.74) is 0. The lowest BCUT2D eigenvalue weighted by Gasteiger charge is -2.17. The van der Waals surface area contributed by atoms with E-state index in [0.29, 0.717) is 19.1 Å². The van der Waals surface area contributed by atoms with Crippen molar-refractivity contribution >= 4 is 0 Å². The Kier molecular flexibility index (Phi) is 10.2. The Hall–Kier alpha value is -0.840. The molecule has 2 N–H and O–H groups in total. The van der Waals surface area contributed by atoms with E-state index in [2.05, 4.69) is 19.2 Å². The van der Waals surface area contributed by atoms with Crippen molar-refractivity contribution in [3.63, 3.8) is 0 Å². The van der Waals surface area contributed by atoms with Crippen molar-refractivity contribution in [1.29, 1.82) is 0 Å². The van der Waals surface area contributed by atoms with Crippen LogP contribution in [0.4, 0.5) is 0 Å². The van der Waals surface area contributed by atoms with Gasteiger partial charge in [0, 0.05) is 26.1 Å². The number of furan rings is 1. The van der Waals surface area contributed by atoms with Gasteiger partial charge in [0.05, 0.1) is 19.0 Å². The van der Waals surface area contributed by atoms with E-state index >= 15 is 0 Å². The second-order valence-electron chi connectivity index (χ2n) is 5.64. The Bertz CT molecular complexity index is 327. The average Bonchev–Trinajstić information content (AvgIpc) is 3.00. The van der Waals surface area contributed by atoms with Gasteiger partial charge in [0.15, 0.2) is 0 Å². The van der Waals surface area contributed by atoms with Crippen LogP contribution in [-0.4, -0.2) is 37.5 Å². The monoisotopic (exact) mass is 297 g/mol. The van der Waals surface area contributed by atoms with Crippen molar-refractivity contribution in [3.8, 4) is 0 Å². The first-order valence-electron chi connectivity index (χ1n) is 8.25. The normalized spacial score (nSPS) is 14.2. The Morgan fingerprint density at radius 1 is 1.33 bits per heavy atom. The largest absolute Gasteiger partial charge is 0.469 e. The quantitative estimate of drug-likeness (QED) is 0.550. The summed E-state index contributed by atoms with van der Waals surface area (Å²) < 4.78 is 10.9. The molecule has 1 heterocycles. The SMILES string of the molecule is CCCCC(CC)COCC(O)CNCCc1ccco1. The number of unbranched alkanes of at least 4 members (excludes halogenated alkanes) is 1. The molecule has 21 heavy (non-hydrogen) atoms. The summed E-state index contributed by atoms with van der Waals surface area (Å²) in [5, 5.41) is 13.1. The molecule has 0 saturated carbocycles. The number of ether oxygens (including phenoxy) is 1. The Morgan fingerprint density at radius 3 is 2.86 bits per heavy atom. The van der Waals surface area contributed by atoms with E-state index in [4.69, 9.17) is 9.15 Å². The molecule has 2 atom stereocenters. The molecule has 0 aliphatic rings. The van der Waals surface area contributed by atoms with E-state index in [1.807, 2.05) is 12.1 Å². The van der Waals surface area contributed by atoms with E-state index in [1.54, 1.807) is 6.26 Å². The third-order valence-corrected chi connectivity index (χ3v) is 3.72. The summed E-state index contributed by atoms with van der Waals surface area (Å²) in [6.45, 7) is 6.96. The maximum Gasteiger partial charge on any atom is 0.105 e. The second kappa shape index (κ2) is 11.8. The van der Waals surface area contributed by atoms with Crippen LogP contribution in [0.25, 0.3) is 0 Å². The minimum absolute atomic E-state index is 0.413. The van der Waals surface area contributed by atoms with Gasteiger partial charge in [0.1, 0.15) is 5.76 Å². The highest BCUT2D eigenvalue weighted by Gasteiger charge is 2.08. The topological polar surface area (TPSA) is 54.6 Å². The molecule has 0 saturated heterocycles. The van der Waals surface area contributed by atoms with Gasteiger partial charge in [0.25, 0.3) is 0 Å². The van der Waals surface area contributed by atoms with E-state index in [9.17, 15) is 5.11 Å². The summed E-state index contributed by atoms with van der Waals surface area (Å²) in [5.74, 6) is 1.60. The van der Waals surface area contributed by atoms with E-state index in [-0.39, 0.29) is 0 Å². The summed E-state index contributed by atoms with van der Waals surface area (Å²) >= 11 is 0. The minimum Gasteiger partial charge on any atom is -0.469 e. The zero-order valence-electron chi connectivity index (χ0n) is 13.5. The van der Waals surface area contributed by atoms with Crippen LogP contribution >= 0.6 is 0 Å². The van der Waals surface area contributed by atoms with Gasteiger partial charge in [-0.3, -0.25) is 0 Å². The van der Waals surface area contributed by atoms with Crippen LogP contribution < -0.4 is 5.32 Å². The molecule has 0 aliphatic heterocycles. The lowest BCUT2D eigenvalue weighted by Crippen LogP contribution is -2.32. The molecule has 0 radical (unpaired) electrons. The van der Waals surface area contributed by atoms with E-state index in [1.165, 1.54) is 19.3 Å². The number of hydrogen-bond donors (Lipinski definition) is 2. The molecular weight excluding hydrogens is 266 g/mol. The number of aliphatic hydroxyl groups excluding tert-OH is 1. The van der Waals surface area contributed by atoms with Gasteiger partial charge in [-0.2, -0.15) is 0 Å². The smallest absolute Gasteiger partial charge is 0.105 e. The molecule has 0 fully saturated rings. The molecule has 4 nitrogen and oxygen atoms in total. The van der Waals surface area contributed by atoms with Crippen molar-refractivity contribution in [3.05, 3.63) is 24.2 Å². The van der Waals surface area contributed by atoms with Crippen molar-refractivity contribution in [2.24, 2.45) is 5.92 Å². The number of nitrogens with one attached hydrogen (secondary N) is 1. The fraction of sp³-hybridized carbons (Fsp3) is 0.765. The highest BCUT2D eigenvalue weighted by atomic mass is 16.5. The summed E-state index contributed by atoms with van der Waals surface area (Å²) in [4.78, 5) is 0. The molecule has 1 aromatic heterocycles. The molecule has 0 spiro atoms. The Morgan fingerprint density at radius 2 is 2.19 bits per heavy atom. The molecule has 0 aromatic carbocycles. The maximum atomic E-state index is 9.86. The predicted molar refractivity (Wildman–Crippen MR) is 85.4 cm³/mol. The standard InChI is InChI=1S/C17H31NO3/c1-3-5-7-15(4-2)13-20-14-16(19)12-18-10-9-17-8-6-11-21-17/h6,8,11,15-16,18-19H,3-5,7,9-10,12-14H2,1-2H3. The Balaban J connectivity index is 1.98. The van der Waals surface area contributed by atoms with Gasteiger partial charge in [-0.25, -0.2) is 0 Å². The number of aliphatic hydroxyl groups is 1. The molecule has 122 valence electrons. The Labute approximate surface area is 128 Å². The van der Waals surface area contributed by atoms with Crippen molar-refractivity contribution in [2.75, 3.05) is 26.3 Å². The first-order chi connectivity index (χ1) is 10.3. The van der Waals surface area contributed by atoms with Gasteiger partial charge in [-0.05, 0) is 24.5 Å². The molecule has 1 aromatic rings. The molecule has 0 bridgehead atoms. The predicted octanol–water partition coefficient (Wildman–Crippen LogP) is 3.01. The zero-order valence-corrected chi connectivity index (χ0v) is 13.5. The molecule has 0 aliphatic carbocycles. The van der Waals surface area contributed by atoms with Crippen LogP contribution in [0.5, 0.6) is 0 Å². The highest BCUT2D eigenvalue weighted by Crippen LogP contribution is 2.12. The summed E-state index contributed by atoms with van der Waals surface area (Å²) in [7, 11) is 0. The van der Waals surface area contributed by atoms with Crippen molar-refractivity contribution < 1.29 is 14.3 Å². The van der Waals surface area contributed by atoms with Crippen LogP contribution in [-0.2, 0) is 11.2 Å². The van der Waals surface area contributed by atoms with Crippen molar-refractivity contribution in [2.45, 2.75) is 52.1 Å². The first-order valence-corrected chi connectivity index (χ1v) is 8.25. The molecule has 4 heteroatoms. The fourth-order valence-electron chi connectivity index (χ4n) is 2.26.